The molecule has 2 N–H and O–H groups in total. The van der Waals surface area contributed by atoms with Gasteiger partial charge in [-0.05, 0) is 31.2 Å². The third-order valence-electron chi connectivity index (χ3n) is 4.23. The molecule has 0 unspecified atom stereocenters. The van der Waals surface area contributed by atoms with Crippen molar-refractivity contribution in [1.82, 2.24) is 25.4 Å². The molecule has 0 aliphatic rings. The maximum Gasteiger partial charge on any atom is 0.315 e. The smallest absolute Gasteiger partial charge is 0.315 e. The zero-order chi connectivity index (χ0) is 17.7. The largest absolute Gasteiger partial charge is 0.336 e. The number of rotatable bonds is 6. The maximum absolute atomic E-state index is 12.2. The maximum atomic E-state index is 12.2. The molecule has 1 heterocycles. The fourth-order valence-corrected chi connectivity index (χ4v) is 3.03. The van der Waals surface area contributed by atoms with Crippen molar-refractivity contribution in [2.24, 2.45) is 7.05 Å². The minimum Gasteiger partial charge on any atom is -0.336 e. The summed E-state index contributed by atoms with van der Waals surface area (Å²) >= 11 is 0. The highest BCUT2D eigenvalue weighted by atomic mass is 16.2. The molecule has 6 heteroatoms. The van der Waals surface area contributed by atoms with E-state index in [0.29, 0.717) is 0 Å². The van der Waals surface area contributed by atoms with Crippen LogP contribution in [-0.2, 0) is 12.5 Å². The number of urea groups is 1. The van der Waals surface area contributed by atoms with Gasteiger partial charge < -0.3 is 15.2 Å². The molecule has 24 heavy (non-hydrogen) atoms. The molecule has 0 bridgehead atoms. The second-order valence-corrected chi connectivity index (χ2v) is 6.99. The van der Waals surface area contributed by atoms with E-state index in [-0.39, 0.29) is 23.5 Å². The number of hydrogen-bond acceptors (Lipinski definition) is 3. The highest BCUT2D eigenvalue weighted by molar-refractivity contribution is 5.74. The van der Waals surface area contributed by atoms with Gasteiger partial charge in [0, 0.05) is 13.1 Å². The van der Waals surface area contributed by atoms with Gasteiger partial charge in [0.2, 0.25) is 0 Å². The molecule has 130 valence electrons. The molecule has 0 aliphatic heterocycles. The number of benzene rings is 1. The molecule has 2 atom stereocenters. The average molecular weight is 329 g/mol. The van der Waals surface area contributed by atoms with E-state index in [9.17, 15) is 4.79 Å². The Balaban J connectivity index is 1.89. The SMILES string of the molecule is C[C@@H](CC(C)(C)c1ccccc1)NC(=O)N[C@H](C)c1nncn1C. The number of nitrogens with zero attached hydrogens (tertiary/aromatic N) is 3. The molecule has 0 radical (unpaired) electrons. The van der Waals surface area contributed by atoms with Crippen LogP contribution >= 0.6 is 0 Å². The first-order valence-corrected chi connectivity index (χ1v) is 8.26. The normalized spacial score (nSPS) is 14.0. The van der Waals surface area contributed by atoms with E-state index in [4.69, 9.17) is 0 Å². The summed E-state index contributed by atoms with van der Waals surface area (Å²) in [6, 6.07) is 10.0. The third kappa shape index (κ3) is 4.57. The van der Waals surface area contributed by atoms with Crippen LogP contribution in [-0.4, -0.2) is 26.8 Å². The molecule has 1 aromatic carbocycles. The van der Waals surface area contributed by atoms with Gasteiger partial charge in [-0.25, -0.2) is 4.79 Å². The lowest BCUT2D eigenvalue weighted by Gasteiger charge is -2.29. The lowest BCUT2D eigenvalue weighted by Crippen LogP contribution is -2.44. The highest BCUT2D eigenvalue weighted by Gasteiger charge is 2.24. The van der Waals surface area contributed by atoms with E-state index >= 15 is 0 Å². The zero-order valence-corrected chi connectivity index (χ0v) is 15.1. The lowest BCUT2D eigenvalue weighted by atomic mass is 9.79. The molecule has 0 saturated heterocycles. The molecule has 0 fully saturated rings. The summed E-state index contributed by atoms with van der Waals surface area (Å²) in [6.07, 6.45) is 2.47. The highest BCUT2D eigenvalue weighted by Crippen LogP contribution is 2.28. The van der Waals surface area contributed by atoms with E-state index in [0.717, 1.165) is 12.2 Å². The summed E-state index contributed by atoms with van der Waals surface area (Å²) in [4.78, 5) is 12.2. The van der Waals surface area contributed by atoms with Gasteiger partial charge in [-0.1, -0.05) is 44.2 Å². The van der Waals surface area contributed by atoms with Crippen LogP contribution in [0.5, 0.6) is 0 Å². The van der Waals surface area contributed by atoms with Crippen molar-refractivity contribution < 1.29 is 4.79 Å². The second-order valence-electron chi connectivity index (χ2n) is 6.99. The van der Waals surface area contributed by atoms with Crippen molar-refractivity contribution in [3.8, 4) is 0 Å². The average Bonchev–Trinajstić information content (AvgIpc) is 2.93. The van der Waals surface area contributed by atoms with Crippen LogP contribution in [0.4, 0.5) is 4.79 Å². The Kier molecular flexibility index (Phi) is 5.59. The number of aromatic nitrogens is 3. The predicted octanol–water partition coefficient (Wildman–Crippen LogP) is 2.93. The van der Waals surface area contributed by atoms with Crippen molar-refractivity contribution in [2.75, 3.05) is 0 Å². The topological polar surface area (TPSA) is 71.8 Å². The van der Waals surface area contributed by atoms with Crippen LogP contribution in [0.1, 0.15) is 51.5 Å². The standard InChI is InChI=1S/C18H27N5O/c1-13(11-18(3,4)15-9-7-6-8-10-15)20-17(24)21-14(2)16-22-19-12-23(16)5/h6-10,12-14H,11H2,1-5H3,(H2,20,21,24)/t13-,14+/m0/s1. The Morgan fingerprint density at radius 3 is 2.46 bits per heavy atom. The fraction of sp³-hybridized carbons (Fsp3) is 0.500. The van der Waals surface area contributed by atoms with Gasteiger partial charge in [0.15, 0.2) is 5.82 Å². The van der Waals surface area contributed by atoms with E-state index < -0.39 is 0 Å². The van der Waals surface area contributed by atoms with E-state index in [1.54, 1.807) is 10.9 Å². The molecular weight excluding hydrogens is 302 g/mol. The van der Waals surface area contributed by atoms with Crippen LogP contribution < -0.4 is 10.6 Å². The van der Waals surface area contributed by atoms with Crippen LogP contribution in [0.3, 0.4) is 0 Å². The molecule has 0 aliphatic carbocycles. The van der Waals surface area contributed by atoms with E-state index in [1.807, 2.05) is 39.1 Å². The zero-order valence-electron chi connectivity index (χ0n) is 15.1. The van der Waals surface area contributed by atoms with Crippen LogP contribution in [0.15, 0.2) is 36.7 Å². The third-order valence-corrected chi connectivity index (χ3v) is 4.23. The quantitative estimate of drug-likeness (QED) is 0.856. The first-order valence-electron chi connectivity index (χ1n) is 8.26. The molecular formula is C18H27N5O. The van der Waals surface area contributed by atoms with Gasteiger partial charge in [0.25, 0.3) is 0 Å². The Hall–Kier alpha value is -2.37. The van der Waals surface area contributed by atoms with Gasteiger partial charge in [-0.15, -0.1) is 10.2 Å². The van der Waals surface area contributed by atoms with E-state index in [2.05, 4.69) is 46.8 Å². The van der Waals surface area contributed by atoms with Gasteiger partial charge in [-0.2, -0.15) is 0 Å². The number of hydrogen-bond donors (Lipinski definition) is 2. The number of amides is 2. The second kappa shape index (κ2) is 7.47. The summed E-state index contributed by atoms with van der Waals surface area (Å²) in [5.41, 5.74) is 1.26. The molecule has 2 rings (SSSR count). The fourth-order valence-electron chi connectivity index (χ4n) is 3.03. The Bertz CT molecular complexity index is 665. The monoisotopic (exact) mass is 329 g/mol. The first kappa shape index (κ1) is 18.0. The van der Waals surface area contributed by atoms with Crippen LogP contribution in [0.2, 0.25) is 0 Å². The summed E-state index contributed by atoms with van der Waals surface area (Å²) in [5.74, 6) is 0.724. The number of carbonyl (C=O) groups excluding carboxylic acids is 1. The number of aryl methyl sites for hydroxylation is 1. The Labute approximate surface area is 143 Å². The van der Waals surface area contributed by atoms with Crippen molar-refractivity contribution in [3.63, 3.8) is 0 Å². The summed E-state index contributed by atoms with van der Waals surface area (Å²) in [7, 11) is 1.86. The number of nitrogens with one attached hydrogen (secondary N) is 2. The molecule has 0 spiro atoms. The lowest BCUT2D eigenvalue weighted by molar-refractivity contribution is 0.231. The molecule has 2 aromatic rings. The molecule has 0 saturated carbocycles. The summed E-state index contributed by atoms with van der Waals surface area (Å²) < 4.78 is 1.80. The Morgan fingerprint density at radius 2 is 1.88 bits per heavy atom. The minimum absolute atomic E-state index is 0.0107. The van der Waals surface area contributed by atoms with Gasteiger partial charge in [0.1, 0.15) is 6.33 Å². The summed E-state index contributed by atoms with van der Waals surface area (Å²) in [6.45, 7) is 8.31. The van der Waals surface area contributed by atoms with Crippen LogP contribution in [0.25, 0.3) is 0 Å². The molecule has 2 amide bonds. The van der Waals surface area contributed by atoms with Crippen LogP contribution in [0, 0.1) is 0 Å². The molecule has 1 aromatic heterocycles. The molecule has 6 nitrogen and oxygen atoms in total. The van der Waals surface area contributed by atoms with Crippen molar-refractivity contribution in [3.05, 3.63) is 48.0 Å². The van der Waals surface area contributed by atoms with Crippen molar-refractivity contribution in [2.45, 2.75) is 51.6 Å². The van der Waals surface area contributed by atoms with Gasteiger partial charge in [-0.3, -0.25) is 0 Å². The van der Waals surface area contributed by atoms with Crippen molar-refractivity contribution in [1.29, 1.82) is 0 Å². The predicted molar refractivity (Wildman–Crippen MR) is 94.6 cm³/mol. The Morgan fingerprint density at radius 1 is 1.21 bits per heavy atom. The number of carbonyl (C=O) groups is 1. The van der Waals surface area contributed by atoms with Gasteiger partial charge in [0.05, 0.1) is 6.04 Å². The minimum atomic E-state index is -0.202. The van der Waals surface area contributed by atoms with E-state index in [1.165, 1.54) is 5.56 Å². The van der Waals surface area contributed by atoms with Crippen molar-refractivity contribution >= 4 is 6.03 Å². The first-order chi connectivity index (χ1) is 11.3. The van der Waals surface area contributed by atoms with Gasteiger partial charge >= 0.3 is 6.03 Å². The summed E-state index contributed by atoms with van der Waals surface area (Å²) in [5, 5.41) is 13.8.